The van der Waals surface area contributed by atoms with Gasteiger partial charge < -0.3 is 10.4 Å². The Morgan fingerprint density at radius 2 is 1.86 bits per heavy atom. The van der Waals surface area contributed by atoms with E-state index in [1.54, 1.807) is 47.9 Å². The molecule has 2 aromatic carbocycles. The number of nitrogens with zero attached hydrogens (tertiary/aromatic N) is 2. The minimum absolute atomic E-state index is 0.0217. The van der Waals surface area contributed by atoms with Gasteiger partial charge in [-0.25, -0.2) is 14.2 Å². The Kier molecular flexibility index (Phi) is 4.40. The predicted octanol–water partition coefficient (Wildman–Crippen LogP) is 4.46. The number of carboxylic acids is 1. The largest absolute Gasteiger partial charge is 0.478 e. The van der Waals surface area contributed by atoms with Gasteiger partial charge in [0, 0.05) is 17.5 Å². The maximum Gasteiger partial charge on any atom is 0.337 e. The van der Waals surface area contributed by atoms with E-state index in [1.807, 2.05) is 0 Å². The fourth-order valence-electron chi connectivity index (χ4n) is 2.88. The number of rotatable bonds is 4. The molecule has 1 amide bonds. The summed E-state index contributed by atoms with van der Waals surface area (Å²) < 4.78 is 14.9. The molecule has 2 heterocycles. The van der Waals surface area contributed by atoms with Crippen LogP contribution in [-0.2, 0) is 0 Å². The number of fused-ring (bicyclic) bond motifs is 1. The summed E-state index contributed by atoms with van der Waals surface area (Å²) in [5.74, 6) is -1.83. The summed E-state index contributed by atoms with van der Waals surface area (Å²) in [5, 5.41) is 11.9. The average molecular weight is 395 g/mol. The van der Waals surface area contributed by atoms with Crippen molar-refractivity contribution in [3.8, 4) is 11.3 Å². The van der Waals surface area contributed by atoms with Gasteiger partial charge in [0.2, 0.25) is 0 Å². The van der Waals surface area contributed by atoms with E-state index in [1.165, 1.54) is 29.5 Å². The molecule has 0 unspecified atom stereocenters. The Morgan fingerprint density at radius 3 is 2.54 bits per heavy atom. The number of halogens is 1. The number of benzene rings is 2. The molecule has 0 aliphatic rings. The molecule has 0 aliphatic carbocycles. The lowest BCUT2D eigenvalue weighted by molar-refractivity contribution is 0.0698. The first-order valence-electron chi connectivity index (χ1n) is 8.32. The van der Waals surface area contributed by atoms with Gasteiger partial charge in [0.1, 0.15) is 10.7 Å². The predicted molar refractivity (Wildman–Crippen MR) is 105 cm³/mol. The summed E-state index contributed by atoms with van der Waals surface area (Å²) in [6, 6.07) is 12.3. The molecule has 2 aromatic heterocycles. The molecular formula is C20H14FN3O3S. The molecule has 0 spiro atoms. The molecule has 2 N–H and O–H groups in total. The number of aromatic nitrogens is 2. The molecule has 4 aromatic rings. The van der Waals surface area contributed by atoms with Gasteiger partial charge in [0.05, 0.1) is 16.9 Å². The molecule has 140 valence electrons. The van der Waals surface area contributed by atoms with Gasteiger partial charge in [-0.15, -0.1) is 0 Å². The molecular weight excluding hydrogens is 381 g/mol. The van der Waals surface area contributed by atoms with Crippen molar-refractivity contribution < 1.29 is 19.1 Å². The number of amides is 1. The van der Waals surface area contributed by atoms with Crippen LogP contribution in [0.25, 0.3) is 16.2 Å². The summed E-state index contributed by atoms with van der Waals surface area (Å²) in [5.41, 5.74) is 2.40. The summed E-state index contributed by atoms with van der Waals surface area (Å²) in [7, 11) is 0. The molecule has 0 radical (unpaired) electrons. The van der Waals surface area contributed by atoms with E-state index in [2.05, 4.69) is 10.3 Å². The number of anilines is 1. The number of hydrogen-bond acceptors (Lipinski definition) is 4. The second-order valence-corrected chi connectivity index (χ2v) is 7.08. The first kappa shape index (κ1) is 17.9. The number of para-hydroxylation sites is 1. The fourth-order valence-corrected chi connectivity index (χ4v) is 3.88. The van der Waals surface area contributed by atoms with E-state index in [0.29, 0.717) is 21.2 Å². The third-order valence-electron chi connectivity index (χ3n) is 4.31. The molecule has 0 saturated carbocycles. The van der Waals surface area contributed by atoms with E-state index in [4.69, 9.17) is 0 Å². The molecule has 0 fully saturated rings. The standard InChI is InChI=1S/C20H14FN3O3S/c1-11-17(18(25)22-15-5-3-2-4-14(15)19(26)27)28-20-23-16(10-24(11)20)12-6-8-13(21)9-7-12/h2-10H,1H3,(H,22,25)(H,26,27). The van der Waals surface area contributed by atoms with Crippen molar-refractivity contribution in [2.24, 2.45) is 0 Å². The van der Waals surface area contributed by atoms with Crippen LogP contribution in [-0.4, -0.2) is 26.4 Å². The maximum atomic E-state index is 13.1. The van der Waals surface area contributed by atoms with E-state index in [0.717, 1.165) is 5.56 Å². The number of carbonyl (C=O) groups excluding carboxylic acids is 1. The van der Waals surface area contributed by atoms with Crippen LogP contribution in [0.4, 0.5) is 10.1 Å². The number of imidazole rings is 1. The van der Waals surface area contributed by atoms with Crippen molar-refractivity contribution in [2.75, 3.05) is 5.32 Å². The minimum atomic E-state index is -1.11. The zero-order valence-corrected chi connectivity index (χ0v) is 15.5. The van der Waals surface area contributed by atoms with Crippen molar-refractivity contribution >= 4 is 33.9 Å². The van der Waals surface area contributed by atoms with Gasteiger partial charge in [0.15, 0.2) is 4.96 Å². The van der Waals surface area contributed by atoms with Crippen molar-refractivity contribution in [3.05, 3.63) is 76.7 Å². The zero-order valence-electron chi connectivity index (χ0n) is 14.6. The number of aryl methyl sites for hydroxylation is 1. The number of aromatic carboxylic acids is 1. The topological polar surface area (TPSA) is 83.7 Å². The van der Waals surface area contributed by atoms with Crippen molar-refractivity contribution in [1.82, 2.24) is 9.38 Å². The first-order chi connectivity index (χ1) is 13.4. The monoisotopic (exact) mass is 395 g/mol. The third-order valence-corrected chi connectivity index (χ3v) is 5.46. The molecule has 0 saturated heterocycles. The van der Waals surface area contributed by atoms with Crippen LogP contribution in [0.2, 0.25) is 0 Å². The second-order valence-electron chi connectivity index (χ2n) is 6.11. The van der Waals surface area contributed by atoms with Crippen molar-refractivity contribution in [2.45, 2.75) is 6.92 Å². The van der Waals surface area contributed by atoms with Crippen molar-refractivity contribution in [3.63, 3.8) is 0 Å². The smallest absolute Gasteiger partial charge is 0.337 e. The maximum absolute atomic E-state index is 13.1. The number of hydrogen-bond donors (Lipinski definition) is 2. The van der Waals surface area contributed by atoms with Gasteiger partial charge in [-0.3, -0.25) is 9.20 Å². The summed E-state index contributed by atoms with van der Waals surface area (Å²) in [6.07, 6.45) is 1.79. The van der Waals surface area contributed by atoms with E-state index in [-0.39, 0.29) is 17.1 Å². The van der Waals surface area contributed by atoms with Gasteiger partial charge in [-0.05, 0) is 43.3 Å². The van der Waals surface area contributed by atoms with Gasteiger partial charge in [-0.2, -0.15) is 0 Å². The van der Waals surface area contributed by atoms with Crippen LogP contribution >= 0.6 is 11.3 Å². The number of nitrogens with one attached hydrogen (secondary N) is 1. The van der Waals surface area contributed by atoms with Gasteiger partial charge in [-0.1, -0.05) is 23.5 Å². The highest BCUT2D eigenvalue weighted by Gasteiger charge is 2.20. The molecule has 28 heavy (non-hydrogen) atoms. The highest BCUT2D eigenvalue weighted by molar-refractivity contribution is 7.19. The van der Waals surface area contributed by atoms with Crippen LogP contribution < -0.4 is 5.32 Å². The van der Waals surface area contributed by atoms with Crippen LogP contribution in [0, 0.1) is 12.7 Å². The Balaban J connectivity index is 1.65. The molecule has 0 atom stereocenters. The SMILES string of the molecule is Cc1c(C(=O)Nc2ccccc2C(=O)O)sc2nc(-c3ccc(F)cc3)cn12. The number of carbonyl (C=O) groups is 2. The minimum Gasteiger partial charge on any atom is -0.478 e. The van der Waals surface area contributed by atoms with E-state index in [9.17, 15) is 19.1 Å². The van der Waals surface area contributed by atoms with Crippen LogP contribution in [0.5, 0.6) is 0 Å². The van der Waals surface area contributed by atoms with Crippen LogP contribution in [0.3, 0.4) is 0 Å². The highest BCUT2D eigenvalue weighted by atomic mass is 32.1. The fraction of sp³-hybridized carbons (Fsp3) is 0.0500. The molecule has 6 nitrogen and oxygen atoms in total. The van der Waals surface area contributed by atoms with Crippen LogP contribution in [0.15, 0.2) is 54.7 Å². The van der Waals surface area contributed by atoms with E-state index < -0.39 is 11.9 Å². The summed E-state index contributed by atoms with van der Waals surface area (Å²) >= 11 is 1.20. The lowest BCUT2D eigenvalue weighted by atomic mass is 10.1. The van der Waals surface area contributed by atoms with Crippen LogP contribution in [0.1, 0.15) is 25.7 Å². The molecule has 4 rings (SSSR count). The third kappa shape index (κ3) is 3.14. The first-order valence-corrected chi connectivity index (χ1v) is 9.14. The average Bonchev–Trinajstić information content (AvgIpc) is 3.22. The Hall–Kier alpha value is -3.52. The summed E-state index contributed by atoms with van der Waals surface area (Å²) in [4.78, 5) is 29.6. The highest BCUT2D eigenvalue weighted by Crippen LogP contribution is 2.28. The van der Waals surface area contributed by atoms with E-state index >= 15 is 0 Å². The van der Waals surface area contributed by atoms with Gasteiger partial charge in [0.25, 0.3) is 5.91 Å². The summed E-state index contributed by atoms with van der Waals surface area (Å²) in [6.45, 7) is 1.79. The quantitative estimate of drug-likeness (QED) is 0.534. The second kappa shape index (κ2) is 6.90. The number of thiazole rings is 1. The lowest BCUT2D eigenvalue weighted by Gasteiger charge is -2.07. The normalized spacial score (nSPS) is 10.9. The van der Waals surface area contributed by atoms with Crippen molar-refractivity contribution in [1.29, 1.82) is 0 Å². The Labute approximate surface area is 162 Å². The Morgan fingerprint density at radius 1 is 1.14 bits per heavy atom. The zero-order chi connectivity index (χ0) is 19.8. The molecule has 0 bridgehead atoms. The number of carboxylic acid groups (broad SMARTS) is 1. The lowest BCUT2D eigenvalue weighted by Crippen LogP contribution is -2.14. The Bertz CT molecular complexity index is 1210. The molecule has 8 heteroatoms. The van der Waals surface area contributed by atoms with Gasteiger partial charge >= 0.3 is 5.97 Å². The molecule has 0 aliphatic heterocycles.